The van der Waals surface area contributed by atoms with Gasteiger partial charge in [-0.1, -0.05) is 27.7 Å². The predicted molar refractivity (Wildman–Crippen MR) is 85.0 cm³/mol. The highest BCUT2D eigenvalue weighted by atomic mass is 16.5. The van der Waals surface area contributed by atoms with E-state index in [0.29, 0.717) is 18.2 Å². The van der Waals surface area contributed by atoms with E-state index < -0.39 is 0 Å². The molecule has 0 radical (unpaired) electrons. The first-order chi connectivity index (χ1) is 9.65. The van der Waals surface area contributed by atoms with E-state index in [9.17, 15) is 0 Å². The van der Waals surface area contributed by atoms with Crippen LogP contribution in [-0.2, 0) is 4.74 Å². The van der Waals surface area contributed by atoms with Crippen LogP contribution in [0.3, 0.4) is 0 Å². The van der Waals surface area contributed by atoms with Crippen molar-refractivity contribution in [3.8, 4) is 0 Å². The van der Waals surface area contributed by atoms with Crippen molar-refractivity contribution in [1.29, 1.82) is 0 Å². The fourth-order valence-electron chi connectivity index (χ4n) is 4.43. The van der Waals surface area contributed by atoms with Crippen molar-refractivity contribution >= 4 is 0 Å². The van der Waals surface area contributed by atoms with Gasteiger partial charge in [-0.2, -0.15) is 0 Å². The predicted octanol–water partition coefficient (Wildman–Crippen LogP) is 2.90. The first kappa shape index (κ1) is 16.3. The molecule has 118 valence electrons. The first-order valence-electron chi connectivity index (χ1n) is 8.74. The van der Waals surface area contributed by atoms with Crippen molar-refractivity contribution in [1.82, 2.24) is 10.2 Å². The van der Waals surface area contributed by atoms with Gasteiger partial charge in [0.1, 0.15) is 0 Å². The van der Waals surface area contributed by atoms with Gasteiger partial charge < -0.3 is 10.1 Å². The highest BCUT2D eigenvalue weighted by molar-refractivity contribution is 4.94. The van der Waals surface area contributed by atoms with Crippen molar-refractivity contribution < 1.29 is 4.74 Å². The molecule has 2 fully saturated rings. The maximum absolute atomic E-state index is 5.87. The van der Waals surface area contributed by atoms with Gasteiger partial charge in [0.2, 0.25) is 0 Å². The van der Waals surface area contributed by atoms with E-state index in [0.717, 1.165) is 38.1 Å². The number of ether oxygens (including phenoxy) is 1. The van der Waals surface area contributed by atoms with E-state index >= 15 is 0 Å². The van der Waals surface area contributed by atoms with Crippen LogP contribution < -0.4 is 5.32 Å². The highest BCUT2D eigenvalue weighted by Crippen LogP contribution is 2.33. The lowest BCUT2D eigenvalue weighted by atomic mass is 9.75. The number of nitrogens with zero attached hydrogens (tertiary/aromatic N) is 1. The summed E-state index contributed by atoms with van der Waals surface area (Å²) in [5.41, 5.74) is 0. The molecule has 0 aromatic carbocycles. The lowest BCUT2D eigenvalue weighted by Gasteiger charge is -2.46. The molecule has 0 aromatic heterocycles. The molecule has 0 amide bonds. The second kappa shape index (κ2) is 7.77. The Kier molecular flexibility index (Phi) is 6.31. The number of rotatable bonds is 6. The van der Waals surface area contributed by atoms with Gasteiger partial charge in [-0.3, -0.25) is 4.90 Å². The summed E-state index contributed by atoms with van der Waals surface area (Å²) < 4.78 is 5.87. The molecule has 1 saturated heterocycles. The average Bonchev–Trinajstić information content (AvgIpc) is 2.89. The van der Waals surface area contributed by atoms with Crippen LogP contribution in [0.25, 0.3) is 0 Å². The molecule has 1 aliphatic carbocycles. The molecular weight excluding hydrogens is 248 g/mol. The second-order valence-corrected chi connectivity index (χ2v) is 6.93. The van der Waals surface area contributed by atoms with Crippen LogP contribution in [0.5, 0.6) is 0 Å². The summed E-state index contributed by atoms with van der Waals surface area (Å²) in [6, 6.07) is 1.33. The smallest absolute Gasteiger partial charge is 0.0702 e. The SMILES string of the molecule is CCNC1CC(C)CC(C)C1N(CC)CC1CCCO1. The molecule has 1 aliphatic heterocycles. The molecule has 3 nitrogen and oxygen atoms in total. The molecule has 1 saturated carbocycles. The van der Waals surface area contributed by atoms with E-state index in [1.54, 1.807) is 0 Å². The van der Waals surface area contributed by atoms with Crippen LogP contribution in [0.1, 0.15) is 53.4 Å². The molecule has 0 spiro atoms. The maximum atomic E-state index is 5.87. The third-order valence-electron chi connectivity index (χ3n) is 5.18. The zero-order valence-electron chi connectivity index (χ0n) is 13.9. The Labute approximate surface area is 125 Å². The molecule has 5 atom stereocenters. The maximum Gasteiger partial charge on any atom is 0.0702 e. The Balaban J connectivity index is 2.02. The normalized spacial score (nSPS) is 38.5. The molecule has 3 heteroatoms. The summed E-state index contributed by atoms with van der Waals surface area (Å²) in [4.78, 5) is 2.69. The minimum Gasteiger partial charge on any atom is -0.377 e. The Bertz CT molecular complexity index is 278. The number of hydrogen-bond donors (Lipinski definition) is 1. The Hall–Kier alpha value is -0.120. The Morgan fingerprint density at radius 3 is 2.60 bits per heavy atom. The van der Waals surface area contributed by atoms with Gasteiger partial charge in [0, 0.05) is 25.2 Å². The van der Waals surface area contributed by atoms with Gasteiger partial charge >= 0.3 is 0 Å². The molecule has 5 unspecified atom stereocenters. The fraction of sp³-hybridized carbons (Fsp3) is 1.00. The number of hydrogen-bond acceptors (Lipinski definition) is 3. The molecular formula is C17H34N2O. The summed E-state index contributed by atoms with van der Waals surface area (Å²) in [5, 5.41) is 3.75. The van der Waals surface area contributed by atoms with E-state index in [1.165, 1.54) is 25.7 Å². The van der Waals surface area contributed by atoms with Crippen molar-refractivity contribution in [2.75, 3.05) is 26.2 Å². The van der Waals surface area contributed by atoms with Crippen LogP contribution in [0, 0.1) is 11.8 Å². The number of likely N-dealkylation sites (N-methyl/N-ethyl adjacent to an activating group) is 2. The molecule has 20 heavy (non-hydrogen) atoms. The molecule has 1 N–H and O–H groups in total. The summed E-state index contributed by atoms with van der Waals surface area (Å²) in [6.07, 6.45) is 5.67. The lowest BCUT2D eigenvalue weighted by Crippen LogP contribution is -2.57. The molecule has 2 rings (SSSR count). The summed E-state index contributed by atoms with van der Waals surface area (Å²) in [7, 11) is 0. The second-order valence-electron chi connectivity index (χ2n) is 6.93. The van der Waals surface area contributed by atoms with E-state index in [1.807, 2.05) is 0 Å². The number of nitrogens with one attached hydrogen (secondary N) is 1. The van der Waals surface area contributed by atoms with Crippen LogP contribution in [0.4, 0.5) is 0 Å². The van der Waals surface area contributed by atoms with Crippen LogP contribution >= 0.6 is 0 Å². The van der Waals surface area contributed by atoms with Gasteiger partial charge in [-0.05, 0) is 50.6 Å². The third kappa shape index (κ3) is 3.96. The zero-order chi connectivity index (χ0) is 14.5. The highest BCUT2D eigenvalue weighted by Gasteiger charge is 2.37. The monoisotopic (exact) mass is 282 g/mol. The third-order valence-corrected chi connectivity index (χ3v) is 5.18. The minimum absolute atomic E-state index is 0.476. The van der Waals surface area contributed by atoms with Crippen molar-refractivity contribution in [2.24, 2.45) is 11.8 Å². The van der Waals surface area contributed by atoms with Crippen molar-refractivity contribution in [3.63, 3.8) is 0 Å². The summed E-state index contributed by atoms with van der Waals surface area (Å²) in [6.45, 7) is 13.7. The fourth-order valence-corrected chi connectivity index (χ4v) is 4.43. The average molecular weight is 282 g/mol. The summed E-state index contributed by atoms with van der Waals surface area (Å²) in [5.74, 6) is 1.64. The van der Waals surface area contributed by atoms with Crippen LogP contribution in [0.15, 0.2) is 0 Å². The van der Waals surface area contributed by atoms with Gasteiger partial charge in [-0.15, -0.1) is 0 Å². The molecule has 0 aromatic rings. The van der Waals surface area contributed by atoms with Crippen LogP contribution in [-0.4, -0.2) is 49.3 Å². The Morgan fingerprint density at radius 2 is 2.00 bits per heavy atom. The van der Waals surface area contributed by atoms with Crippen LogP contribution in [0.2, 0.25) is 0 Å². The molecule has 0 bridgehead atoms. The molecule has 1 heterocycles. The first-order valence-corrected chi connectivity index (χ1v) is 8.74. The lowest BCUT2D eigenvalue weighted by molar-refractivity contribution is 0.0166. The van der Waals surface area contributed by atoms with Gasteiger partial charge in [0.05, 0.1) is 6.10 Å². The quantitative estimate of drug-likeness (QED) is 0.811. The van der Waals surface area contributed by atoms with Gasteiger partial charge in [0.25, 0.3) is 0 Å². The van der Waals surface area contributed by atoms with Crippen molar-refractivity contribution in [3.05, 3.63) is 0 Å². The van der Waals surface area contributed by atoms with Gasteiger partial charge in [-0.25, -0.2) is 0 Å². The standard InChI is InChI=1S/C17H34N2O/c1-5-18-16-11-13(3)10-14(4)17(16)19(6-2)12-15-8-7-9-20-15/h13-18H,5-12H2,1-4H3. The largest absolute Gasteiger partial charge is 0.377 e. The van der Waals surface area contributed by atoms with E-state index in [2.05, 4.69) is 37.9 Å². The Morgan fingerprint density at radius 1 is 1.20 bits per heavy atom. The zero-order valence-corrected chi connectivity index (χ0v) is 13.9. The topological polar surface area (TPSA) is 24.5 Å². The minimum atomic E-state index is 0.476. The van der Waals surface area contributed by atoms with E-state index in [4.69, 9.17) is 4.74 Å². The van der Waals surface area contributed by atoms with E-state index in [-0.39, 0.29) is 0 Å². The van der Waals surface area contributed by atoms with Gasteiger partial charge in [0.15, 0.2) is 0 Å². The van der Waals surface area contributed by atoms with Crippen molar-refractivity contribution in [2.45, 2.75) is 71.6 Å². The molecule has 2 aliphatic rings. The summed E-state index contributed by atoms with van der Waals surface area (Å²) >= 11 is 0.